The Kier molecular flexibility index (Phi) is 8.27. The molecule has 2 aromatic heterocycles. The third-order valence-electron chi connectivity index (χ3n) is 6.51. The first-order chi connectivity index (χ1) is 17.7. The van der Waals surface area contributed by atoms with Crippen LogP contribution in [0.2, 0.25) is 0 Å². The lowest BCUT2D eigenvalue weighted by Crippen LogP contribution is -2.47. The van der Waals surface area contributed by atoms with E-state index < -0.39 is 35.1 Å². The molecule has 1 amide bonds. The number of H-pyrrole nitrogens is 1. The van der Waals surface area contributed by atoms with Crippen molar-refractivity contribution in [1.29, 1.82) is 0 Å². The maximum absolute atomic E-state index is 13.4. The zero-order valence-corrected chi connectivity index (χ0v) is 20.6. The molecule has 0 spiro atoms. The third-order valence-corrected chi connectivity index (χ3v) is 6.51. The SMILES string of the molecule is COCC(CO[C@@H]1CCN(C2CCN(c3ncc(C)cn3)CC2)C1=O)Nc1cn[nH]c(=O)c1C(F)(F)F. The van der Waals surface area contributed by atoms with Gasteiger partial charge in [0.05, 0.1) is 31.1 Å². The average molecular weight is 526 g/mol. The van der Waals surface area contributed by atoms with Crippen LogP contribution in [-0.2, 0) is 20.4 Å². The van der Waals surface area contributed by atoms with E-state index in [0.717, 1.165) is 37.7 Å². The number of nitrogens with zero attached hydrogens (tertiary/aromatic N) is 5. The highest BCUT2D eigenvalue weighted by Gasteiger charge is 2.40. The summed E-state index contributed by atoms with van der Waals surface area (Å²) in [5, 5.41) is 7.89. The van der Waals surface area contributed by atoms with Gasteiger partial charge >= 0.3 is 6.18 Å². The molecule has 11 nitrogen and oxygen atoms in total. The Morgan fingerprint density at radius 3 is 2.46 bits per heavy atom. The molecule has 0 saturated carbocycles. The highest BCUT2D eigenvalue weighted by atomic mass is 19.4. The number of ether oxygens (including phenoxy) is 2. The first-order valence-electron chi connectivity index (χ1n) is 12.0. The predicted octanol–water partition coefficient (Wildman–Crippen LogP) is 1.60. The molecular weight excluding hydrogens is 495 g/mol. The predicted molar refractivity (Wildman–Crippen MR) is 127 cm³/mol. The standard InChI is InChI=1S/C23H30F3N7O4/c1-14-9-27-22(28-10-14)32-6-3-16(4-7-32)33-8-5-18(21(33)35)37-13-15(12-36-2)30-17-11-29-31-20(34)19(17)23(24,25)26/h9-11,15-16,18H,3-8,12-13H2,1-2H3,(H2,30,31,34)/t15?,18-/m1/s1. The number of methoxy groups -OCH3 is 1. The summed E-state index contributed by atoms with van der Waals surface area (Å²) in [6, 6.07) is -0.665. The summed E-state index contributed by atoms with van der Waals surface area (Å²) in [5.74, 6) is 0.550. The molecule has 2 aliphatic rings. The minimum absolute atomic E-state index is 0.00569. The van der Waals surface area contributed by atoms with Crippen LogP contribution < -0.4 is 15.8 Å². The van der Waals surface area contributed by atoms with Crippen molar-refractivity contribution in [2.75, 3.05) is 50.2 Å². The average Bonchev–Trinajstić information content (AvgIpc) is 3.22. The number of hydrogen-bond donors (Lipinski definition) is 2. The number of aromatic amines is 1. The fourth-order valence-corrected chi connectivity index (χ4v) is 4.69. The van der Waals surface area contributed by atoms with Crippen molar-refractivity contribution in [1.82, 2.24) is 25.1 Å². The molecule has 2 N–H and O–H groups in total. The Balaban J connectivity index is 1.32. The number of piperidine rings is 1. The first-order valence-corrected chi connectivity index (χ1v) is 12.0. The minimum Gasteiger partial charge on any atom is -0.382 e. The second kappa shape index (κ2) is 11.4. The van der Waals surface area contributed by atoms with Gasteiger partial charge in [-0.1, -0.05) is 0 Å². The lowest BCUT2D eigenvalue weighted by atomic mass is 10.0. The van der Waals surface area contributed by atoms with Crippen LogP contribution in [0.1, 0.15) is 30.4 Å². The highest BCUT2D eigenvalue weighted by molar-refractivity contribution is 5.83. The van der Waals surface area contributed by atoms with E-state index in [4.69, 9.17) is 9.47 Å². The van der Waals surface area contributed by atoms with Crippen molar-refractivity contribution in [3.05, 3.63) is 40.1 Å². The van der Waals surface area contributed by atoms with Crippen LogP contribution in [-0.4, -0.2) is 89.1 Å². The Bertz CT molecular complexity index is 1120. The van der Waals surface area contributed by atoms with Crippen LogP contribution in [0.25, 0.3) is 0 Å². The van der Waals surface area contributed by atoms with Gasteiger partial charge in [0.2, 0.25) is 5.95 Å². The topological polar surface area (TPSA) is 126 Å². The van der Waals surface area contributed by atoms with E-state index in [0.29, 0.717) is 18.9 Å². The van der Waals surface area contributed by atoms with Crippen LogP contribution in [0.3, 0.4) is 0 Å². The van der Waals surface area contributed by atoms with Crippen molar-refractivity contribution in [3.8, 4) is 0 Å². The summed E-state index contributed by atoms with van der Waals surface area (Å²) < 4.78 is 51.1. The monoisotopic (exact) mass is 525 g/mol. The van der Waals surface area contributed by atoms with Gasteiger partial charge in [0, 0.05) is 51.6 Å². The van der Waals surface area contributed by atoms with Crippen molar-refractivity contribution < 1.29 is 27.4 Å². The molecule has 2 aromatic rings. The number of anilines is 2. The van der Waals surface area contributed by atoms with Gasteiger partial charge < -0.3 is 24.6 Å². The lowest BCUT2D eigenvalue weighted by molar-refractivity contribution is -0.139. The van der Waals surface area contributed by atoms with E-state index in [1.807, 2.05) is 11.8 Å². The summed E-state index contributed by atoms with van der Waals surface area (Å²) in [4.78, 5) is 37.5. The molecule has 14 heteroatoms. The lowest BCUT2D eigenvalue weighted by Gasteiger charge is -2.36. The first kappa shape index (κ1) is 26.8. The van der Waals surface area contributed by atoms with Crippen molar-refractivity contribution in [2.24, 2.45) is 0 Å². The molecule has 2 fully saturated rings. The molecule has 2 aliphatic heterocycles. The summed E-state index contributed by atoms with van der Waals surface area (Å²) in [6.45, 7) is 3.84. The second-order valence-electron chi connectivity index (χ2n) is 9.20. The fourth-order valence-electron chi connectivity index (χ4n) is 4.69. The molecular formula is C23H30F3N7O4. The van der Waals surface area contributed by atoms with Crippen molar-refractivity contribution in [2.45, 2.75) is 50.6 Å². The Morgan fingerprint density at radius 1 is 1.11 bits per heavy atom. The molecule has 37 heavy (non-hydrogen) atoms. The zero-order valence-electron chi connectivity index (χ0n) is 20.6. The summed E-state index contributed by atoms with van der Waals surface area (Å²) in [7, 11) is 1.39. The van der Waals surface area contributed by atoms with Gasteiger partial charge in [0.25, 0.3) is 11.5 Å². The number of amides is 1. The number of alkyl halides is 3. The van der Waals surface area contributed by atoms with Crippen LogP contribution in [0.15, 0.2) is 23.4 Å². The molecule has 1 unspecified atom stereocenters. The van der Waals surface area contributed by atoms with Crippen LogP contribution >= 0.6 is 0 Å². The Hall–Kier alpha value is -3.26. The van der Waals surface area contributed by atoms with E-state index in [1.165, 1.54) is 7.11 Å². The quantitative estimate of drug-likeness (QED) is 0.502. The van der Waals surface area contributed by atoms with E-state index in [2.05, 4.69) is 25.3 Å². The molecule has 4 heterocycles. The number of likely N-dealkylation sites (tertiary alicyclic amines) is 1. The van der Waals surface area contributed by atoms with Gasteiger partial charge in [-0.15, -0.1) is 0 Å². The maximum atomic E-state index is 13.4. The molecule has 202 valence electrons. The number of carbonyl (C=O) groups excluding carboxylic acids is 1. The minimum atomic E-state index is -4.87. The number of aromatic nitrogens is 4. The molecule has 0 radical (unpaired) electrons. The maximum Gasteiger partial charge on any atom is 0.423 e. The van der Waals surface area contributed by atoms with Gasteiger partial charge in [-0.3, -0.25) is 9.59 Å². The number of hydrogen-bond acceptors (Lipinski definition) is 9. The van der Waals surface area contributed by atoms with Crippen LogP contribution in [0, 0.1) is 6.92 Å². The Morgan fingerprint density at radius 2 is 1.81 bits per heavy atom. The van der Waals surface area contributed by atoms with Crippen molar-refractivity contribution in [3.63, 3.8) is 0 Å². The number of halogens is 3. The van der Waals surface area contributed by atoms with E-state index in [9.17, 15) is 22.8 Å². The molecule has 0 aliphatic carbocycles. The van der Waals surface area contributed by atoms with E-state index in [1.54, 1.807) is 17.5 Å². The molecule has 2 saturated heterocycles. The van der Waals surface area contributed by atoms with Crippen LogP contribution in [0.5, 0.6) is 0 Å². The van der Waals surface area contributed by atoms with E-state index in [-0.39, 0.29) is 25.2 Å². The number of rotatable bonds is 9. The number of carbonyl (C=O) groups is 1. The van der Waals surface area contributed by atoms with Gasteiger partial charge in [-0.05, 0) is 25.3 Å². The largest absolute Gasteiger partial charge is 0.423 e. The second-order valence-corrected chi connectivity index (χ2v) is 9.20. The third kappa shape index (κ3) is 6.36. The van der Waals surface area contributed by atoms with Gasteiger partial charge in [-0.2, -0.15) is 18.3 Å². The summed E-state index contributed by atoms with van der Waals surface area (Å²) >= 11 is 0. The van der Waals surface area contributed by atoms with Gasteiger partial charge in [-0.25, -0.2) is 15.1 Å². The number of nitrogens with one attached hydrogen (secondary N) is 2. The smallest absolute Gasteiger partial charge is 0.382 e. The van der Waals surface area contributed by atoms with E-state index >= 15 is 0 Å². The van der Waals surface area contributed by atoms with Gasteiger partial charge in [0.1, 0.15) is 11.7 Å². The number of aryl methyl sites for hydroxylation is 1. The highest BCUT2D eigenvalue weighted by Crippen LogP contribution is 2.32. The molecule has 0 bridgehead atoms. The van der Waals surface area contributed by atoms with Crippen LogP contribution in [0.4, 0.5) is 24.8 Å². The summed E-state index contributed by atoms with van der Waals surface area (Å²) in [6.07, 6.45) is 0.923. The zero-order chi connectivity index (χ0) is 26.6. The Labute approximate surface area is 211 Å². The molecule has 2 atom stereocenters. The molecule has 0 aromatic carbocycles. The fraction of sp³-hybridized carbons (Fsp3) is 0.609. The van der Waals surface area contributed by atoms with Gasteiger partial charge in [0.15, 0.2) is 0 Å². The normalized spacial score (nSPS) is 19.9. The van der Waals surface area contributed by atoms with Crippen molar-refractivity contribution >= 4 is 17.5 Å². The molecule has 4 rings (SSSR count). The summed E-state index contributed by atoms with van der Waals surface area (Å²) in [5.41, 5.74) is -2.22.